The number of rotatable bonds is 9. The van der Waals surface area contributed by atoms with Crippen LogP contribution in [0.15, 0.2) is 89.4 Å². The minimum Gasteiger partial charge on any atom is -0.352 e. The molecule has 1 unspecified atom stereocenters. The Hall–Kier alpha value is -2.92. The number of hydrogen-bond donors (Lipinski definition) is 1. The second-order valence-corrected chi connectivity index (χ2v) is 9.09. The van der Waals surface area contributed by atoms with Crippen molar-refractivity contribution in [2.45, 2.75) is 45.3 Å². The van der Waals surface area contributed by atoms with Gasteiger partial charge in [-0.2, -0.15) is 0 Å². The van der Waals surface area contributed by atoms with E-state index in [0.717, 1.165) is 21.2 Å². The second kappa shape index (κ2) is 11.6. The Labute approximate surface area is 198 Å². The molecular weight excluding hydrogens is 464 g/mol. The molecule has 3 rings (SSSR count). The summed E-state index contributed by atoms with van der Waals surface area (Å²) in [7, 11) is 0. The average Bonchev–Trinajstić information content (AvgIpc) is 2.78. The lowest BCUT2D eigenvalue weighted by Gasteiger charge is -2.32. The van der Waals surface area contributed by atoms with Crippen LogP contribution in [0.1, 0.15) is 30.5 Å². The van der Waals surface area contributed by atoms with Crippen LogP contribution in [0.5, 0.6) is 0 Å². The Morgan fingerprint density at radius 2 is 1.38 bits per heavy atom. The maximum atomic E-state index is 13.5. The Bertz CT molecular complexity index is 1000. The number of carbonyl (C=O) groups is 2. The standard InChI is InChI=1S/C27H29BrN2O2/c1-20(2)29-27(32)25(17-21-9-5-3-6-10-21)30(19-23-13-15-24(28)16-14-23)26(31)18-22-11-7-4-8-12-22/h3-16,20,25H,17-19H2,1-2H3,(H,29,32). The third-order valence-electron chi connectivity index (χ3n) is 5.17. The smallest absolute Gasteiger partial charge is 0.243 e. The number of nitrogens with zero attached hydrogens (tertiary/aromatic N) is 1. The van der Waals surface area contributed by atoms with Crippen LogP contribution in [0.25, 0.3) is 0 Å². The van der Waals surface area contributed by atoms with Crippen LogP contribution < -0.4 is 5.32 Å². The van der Waals surface area contributed by atoms with E-state index in [1.165, 1.54) is 0 Å². The van der Waals surface area contributed by atoms with Crippen molar-refractivity contribution in [3.05, 3.63) is 106 Å². The molecule has 0 radical (unpaired) electrons. The summed E-state index contributed by atoms with van der Waals surface area (Å²) in [4.78, 5) is 28.6. The van der Waals surface area contributed by atoms with E-state index in [1.807, 2.05) is 98.8 Å². The Morgan fingerprint density at radius 3 is 1.94 bits per heavy atom. The van der Waals surface area contributed by atoms with Crippen LogP contribution in [0, 0.1) is 0 Å². The molecule has 32 heavy (non-hydrogen) atoms. The Kier molecular flexibility index (Phi) is 8.63. The fourth-order valence-corrected chi connectivity index (χ4v) is 3.86. The molecule has 0 saturated heterocycles. The van der Waals surface area contributed by atoms with Gasteiger partial charge >= 0.3 is 0 Å². The van der Waals surface area contributed by atoms with E-state index in [2.05, 4.69) is 21.2 Å². The third kappa shape index (κ3) is 7.06. The SMILES string of the molecule is CC(C)NC(=O)C(Cc1ccccc1)N(Cc1ccc(Br)cc1)C(=O)Cc1ccccc1. The molecule has 3 aromatic rings. The lowest BCUT2D eigenvalue weighted by atomic mass is 10.0. The van der Waals surface area contributed by atoms with E-state index in [1.54, 1.807) is 4.90 Å². The highest BCUT2D eigenvalue weighted by Gasteiger charge is 2.30. The van der Waals surface area contributed by atoms with Crippen LogP contribution in [0.3, 0.4) is 0 Å². The molecule has 4 nitrogen and oxygen atoms in total. The number of amides is 2. The molecule has 0 bridgehead atoms. The van der Waals surface area contributed by atoms with Crippen LogP contribution in [0.4, 0.5) is 0 Å². The molecule has 1 N–H and O–H groups in total. The summed E-state index contributed by atoms with van der Waals surface area (Å²) in [5.74, 6) is -0.207. The average molecular weight is 493 g/mol. The van der Waals surface area contributed by atoms with Crippen LogP contribution >= 0.6 is 15.9 Å². The van der Waals surface area contributed by atoms with Gasteiger partial charge in [-0.1, -0.05) is 88.7 Å². The van der Waals surface area contributed by atoms with Crippen molar-refractivity contribution in [1.82, 2.24) is 10.2 Å². The number of benzene rings is 3. The lowest BCUT2D eigenvalue weighted by molar-refractivity contribution is -0.141. The minimum atomic E-state index is -0.611. The molecule has 0 aliphatic rings. The highest BCUT2D eigenvalue weighted by atomic mass is 79.9. The summed E-state index contributed by atoms with van der Waals surface area (Å²) in [6.45, 7) is 4.23. The van der Waals surface area contributed by atoms with Gasteiger partial charge in [0.2, 0.25) is 11.8 Å². The van der Waals surface area contributed by atoms with Gasteiger partial charge in [0.25, 0.3) is 0 Å². The summed E-state index contributed by atoms with van der Waals surface area (Å²) in [6, 6.07) is 26.8. The van der Waals surface area contributed by atoms with E-state index in [0.29, 0.717) is 13.0 Å². The molecule has 0 spiro atoms. The van der Waals surface area contributed by atoms with Gasteiger partial charge in [0.1, 0.15) is 6.04 Å². The first kappa shape index (κ1) is 23.7. The molecule has 2 amide bonds. The zero-order valence-corrected chi connectivity index (χ0v) is 20.1. The molecule has 166 valence electrons. The molecule has 0 aliphatic carbocycles. The van der Waals surface area contributed by atoms with E-state index >= 15 is 0 Å². The zero-order chi connectivity index (χ0) is 22.9. The summed E-state index contributed by atoms with van der Waals surface area (Å²) in [6.07, 6.45) is 0.702. The van der Waals surface area contributed by atoms with Crippen molar-refractivity contribution in [1.29, 1.82) is 0 Å². The molecule has 0 fully saturated rings. The van der Waals surface area contributed by atoms with Crippen molar-refractivity contribution in [2.24, 2.45) is 0 Å². The van der Waals surface area contributed by atoms with Gasteiger partial charge in [0, 0.05) is 23.5 Å². The molecule has 0 aromatic heterocycles. The maximum absolute atomic E-state index is 13.5. The van der Waals surface area contributed by atoms with E-state index in [4.69, 9.17) is 0 Å². The second-order valence-electron chi connectivity index (χ2n) is 8.18. The Morgan fingerprint density at radius 1 is 0.812 bits per heavy atom. The first-order chi connectivity index (χ1) is 15.4. The van der Waals surface area contributed by atoms with Crippen molar-refractivity contribution in [3.8, 4) is 0 Å². The van der Waals surface area contributed by atoms with Gasteiger partial charge in [-0.3, -0.25) is 9.59 Å². The highest BCUT2D eigenvalue weighted by Crippen LogP contribution is 2.18. The molecule has 1 atom stereocenters. The maximum Gasteiger partial charge on any atom is 0.243 e. The molecule has 5 heteroatoms. The van der Waals surface area contributed by atoms with Crippen molar-refractivity contribution >= 4 is 27.7 Å². The van der Waals surface area contributed by atoms with Crippen molar-refractivity contribution in [3.63, 3.8) is 0 Å². The van der Waals surface area contributed by atoms with Gasteiger partial charge in [-0.05, 0) is 42.7 Å². The number of carbonyl (C=O) groups excluding carboxylic acids is 2. The quantitative estimate of drug-likeness (QED) is 0.448. The molecule has 0 saturated carbocycles. The lowest BCUT2D eigenvalue weighted by Crippen LogP contribution is -2.52. The molecular formula is C27H29BrN2O2. The number of hydrogen-bond acceptors (Lipinski definition) is 2. The van der Waals surface area contributed by atoms with E-state index in [-0.39, 0.29) is 24.3 Å². The molecule has 0 heterocycles. The van der Waals surface area contributed by atoms with E-state index in [9.17, 15) is 9.59 Å². The van der Waals surface area contributed by atoms with Gasteiger partial charge < -0.3 is 10.2 Å². The topological polar surface area (TPSA) is 49.4 Å². The fourth-order valence-electron chi connectivity index (χ4n) is 3.59. The first-order valence-electron chi connectivity index (χ1n) is 10.8. The predicted molar refractivity (Wildman–Crippen MR) is 132 cm³/mol. The van der Waals surface area contributed by atoms with E-state index < -0.39 is 6.04 Å². The molecule has 3 aromatic carbocycles. The summed E-state index contributed by atoms with van der Waals surface area (Å²) >= 11 is 3.46. The number of halogens is 1. The Balaban J connectivity index is 1.94. The van der Waals surface area contributed by atoms with Crippen LogP contribution in [-0.2, 0) is 29.0 Å². The summed E-state index contributed by atoms with van der Waals surface area (Å²) in [5, 5.41) is 3.02. The van der Waals surface area contributed by atoms with Crippen LogP contribution in [-0.4, -0.2) is 28.8 Å². The van der Waals surface area contributed by atoms with Crippen LogP contribution in [0.2, 0.25) is 0 Å². The molecule has 0 aliphatic heterocycles. The largest absolute Gasteiger partial charge is 0.352 e. The monoisotopic (exact) mass is 492 g/mol. The van der Waals surface area contributed by atoms with Gasteiger partial charge in [-0.15, -0.1) is 0 Å². The normalized spacial score (nSPS) is 11.8. The first-order valence-corrected chi connectivity index (χ1v) is 11.6. The third-order valence-corrected chi connectivity index (χ3v) is 5.70. The van der Waals surface area contributed by atoms with Gasteiger partial charge in [0.15, 0.2) is 0 Å². The highest BCUT2D eigenvalue weighted by molar-refractivity contribution is 9.10. The fraction of sp³-hybridized carbons (Fsp3) is 0.259. The number of nitrogens with one attached hydrogen (secondary N) is 1. The summed E-state index contributed by atoms with van der Waals surface area (Å²) in [5.41, 5.74) is 2.93. The van der Waals surface area contributed by atoms with Gasteiger partial charge in [0.05, 0.1) is 6.42 Å². The minimum absolute atomic E-state index is 0.0143. The predicted octanol–water partition coefficient (Wildman–Crippen LogP) is 5.16. The van der Waals surface area contributed by atoms with Crippen molar-refractivity contribution < 1.29 is 9.59 Å². The van der Waals surface area contributed by atoms with Gasteiger partial charge in [-0.25, -0.2) is 0 Å². The van der Waals surface area contributed by atoms with Crippen molar-refractivity contribution in [2.75, 3.05) is 0 Å². The zero-order valence-electron chi connectivity index (χ0n) is 18.5. The summed E-state index contributed by atoms with van der Waals surface area (Å²) < 4.78 is 0.974.